The first-order chi connectivity index (χ1) is 8.65. The minimum absolute atomic E-state index is 0.0261. The van der Waals surface area contributed by atoms with E-state index < -0.39 is 0 Å². The van der Waals surface area contributed by atoms with E-state index in [4.69, 9.17) is 0 Å². The number of pyridine rings is 1. The second-order valence-corrected chi connectivity index (χ2v) is 5.50. The quantitative estimate of drug-likeness (QED) is 0.853. The minimum atomic E-state index is -0.0261. The monoisotopic (exact) mass is 259 g/mol. The lowest BCUT2D eigenvalue weighted by molar-refractivity contribution is 1.01. The summed E-state index contributed by atoms with van der Waals surface area (Å²) in [6, 6.07) is 2.05. The standard InChI is InChI=1S/C13H13N3OS/c1-7-3-8(2)11(14-4-7)12-15-10-6-18-5-9(10)13(17)16-12/h3-4H,5-6H2,1-2H3,(H,15,16,17). The molecule has 3 rings (SSSR count). The third kappa shape index (κ3) is 1.84. The maximum Gasteiger partial charge on any atom is 0.255 e. The number of aromatic nitrogens is 3. The van der Waals surface area contributed by atoms with E-state index in [9.17, 15) is 4.79 Å². The molecular weight excluding hydrogens is 246 g/mol. The van der Waals surface area contributed by atoms with Gasteiger partial charge in [0.15, 0.2) is 5.82 Å². The van der Waals surface area contributed by atoms with Gasteiger partial charge in [0.05, 0.1) is 5.69 Å². The van der Waals surface area contributed by atoms with Crippen LogP contribution in [0, 0.1) is 13.8 Å². The number of nitrogens with zero attached hydrogens (tertiary/aromatic N) is 2. The first kappa shape index (κ1) is 11.5. The van der Waals surface area contributed by atoms with Crippen LogP contribution in [-0.2, 0) is 11.5 Å². The Hall–Kier alpha value is -1.62. The Bertz CT molecular complexity index is 678. The Balaban J connectivity index is 2.18. The number of aromatic amines is 1. The van der Waals surface area contributed by atoms with E-state index in [0.29, 0.717) is 5.82 Å². The average Bonchev–Trinajstić information content (AvgIpc) is 2.77. The van der Waals surface area contributed by atoms with E-state index in [-0.39, 0.29) is 5.56 Å². The van der Waals surface area contributed by atoms with Crippen LogP contribution in [0.1, 0.15) is 22.4 Å². The van der Waals surface area contributed by atoms with Crippen LogP contribution >= 0.6 is 11.8 Å². The van der Waals surface area contributed by atoms with Crippen molar-refractivity contribution in [3.63, 3.8) is 0 Å². The molecule has 18 heavy (non-hydrogen) atoms. The van der Waals surface area contributed by atoms with Gasteiger partial charge >= 0.3 is 0 Å². The van der Waals surface area contributed by atoms with Gasteiger partial charge in [-0.15, -0.1) is 0 Å². The van der Waals surface area contributed by atoms with Gasteiger partial charge in [-0.05, 0) is 25.0 Å². The van der Waals surface area contributed by atoms with Crippen molar-refractivity contribution >= 4 is 11.8 Å². The molecule has 0 saturated heterocycles. The zero-order chi connectivity index (χ0) is 12.7. The summed E-state index contributed by atoms with van der Waals surface area (Å²) in [5, 5.41) is 0. The van der Waals surface area contributed by atoms with Crippen LogP contribution in [0.2, 0.25) is 0 Å². The molecule has 0 aliphatic carbocycles. The van der Waals surface area contributed by atoms with Gasteiger partial charge in [-0.3, -0.25) is 9.78 Å². The molecule has 2 aromatic rings. The topological polar surface area (TPSA) is 58.6 Å². The van der Waals surface area contributed by atoms with Gasteiger partial charge in [-0.1, -0.05) is 6.07 Å². The molecule has 0 radical (unpaired) electrons. The number of hydrogen-bond donors (Lipinski definition) is 1. The summed E-state index contributed by atoms with van der Waals surface area (Å²) in [6.45, 7) is 3.98. The number of fused-ring (bicyclic) bond motifs is 1. The highest BCUT2D eigenvalue weighted by molar-refractivity contribution is 7.98. The Morgan fingerprint density at radius 3 is 2.94 bits per heavy atom. The molecule has 0 amide bonds. The molecule has 0 unspecified atom stereocenters. The van der Waals surface area contributed by atoms with E-state index in [0.717, 1.165) is 39.6 Å². The molecule has 0 fully saturated rings. The first-order valence-electron chi connectivity index (χ1n) is 5.78. The lowest BCUT2D eigenvalue weighted by Gasteiger charge is -2.06. The third-order valence-electron chi connectivity index (χ3n) is 3.03. The van der Waals surface area contributed by atoms with Gasteiger partial charge in [0, 0.05) is 23.3 Å². The summed E-state index contributed by atoms with van der Waals surface area (Å²) in [7, 11) is 0. The fourth-order valence-corrected chi connectivity index (χ4v) is 3.17. The summed E-state index contributed by atoms with van der Waals surface area (Å²) >= 11 is 1.72. The zero-order valence-corrected chi connectivity index (χ0v) is 11.1. The molecule has 0 aromatic carbocycles. The first-order valence-corrected chi connectivity index (χ1v) is 6.94. The predicted octanol–water partition coefficient (Wildman–Crippen LogP) is 2.20. The van der Waals surface area contributed by atoms with Crippen molar-refractivity contribution in [2.75, 3.05) is 0 Å². The number of nitrogens with one attached hydrogen (secondary N) is 1. The molecule has 0 saturated carbocycles. The maximum absolute atomic E-state index is 11.9. The molecule has 0 atom stereocenters. The summed E-state index contributed by atoms with van der Waals surface area (Å²) < 4.78 is 0. The van der Waals surface area contributed by atoms with Crippen molar-refractivity contribution in [2.45, 2.75) is 25.4 Å². The molecule has 5 heteroatoms. The van der Waals surface area contributed by atoms with Crippen LogP contribution in [0.3, 0.4) is 0 Å². The number of rotatable bonds is 1. The Labute approximate surface area is 109 Å². The molecule has 3 heterocycles. The second-order valence-electron chi connectivity index (χ2n) is 4.51. The van der Waals surface area contributed by atoms with Crippen LogP contribution in [0.5, 0.6) is 0 Å². The van der Waals surface area contributed by atoms with Crippen molar-refractivity contribution in [3.05, 3.63) is 45.0 Å². The number of H-pyrrole nitrogens is 1. The fraction of sp³-hybridized carbons (Fsp3) is 0.308. The number of aryl methyl sites for hydroxylation is 2. The van der Waals surface area contributed by atoms with Gasteiger partial charge in [-0.2, -0.15) is 11.8 Å². The number of thioether (sulfide) groups is 1. The van der Waals surface area contributed by atoms with Crippen molar-refractivity contribution in [1.29, 1.82) is 0 Å². The van der Waals surface area contributed by atoms with Crippen LogP contribution in [0.15, 0.2) is 17.1 Å². The van der Waals surface area contributed by atoms with E-state index >= 15 is 0 Å². The Morgan fingerprint density at radius 1 is 1.33 bits per heavy atom. The lowest BCUT2D eigenvalue weighted by Crippen LogP contribution is -2.15. The molecule has 2 aromatic heterocycles. The van der Waals surface area contributed by atoms with Crippen molar-refractivity contribution in [3.8, 4) is 11.5 Å². The van der Waals surface area contributed by atoms with Crippen molar-refractivity contribution in [2.24, 2.45) is 0 Å². The van der Waals surface area contributed by atoms with Gasteiger partial charge < -0.3 is 4.98 Å². The number of hydrogen-bond acceptors (Lipinski definition) is 4. The second kappa shape index (κ2) is 4.24. The molecular formula is C13H13N3OS. The maximum atomic E-state index is 11.9. The van der Waals surface area contributed by atoms with Crippen LogP contribution in [0.25, 0.3) is 11.5 Å². The van der Waals surface area contributed by atoms with Gasteiger partial charge in [-0.25, -0.2) is 4.98 Å². The third-order valence-corrected chi connectivity index (χ3v) is 4.00. The van der Waals surface area contributed by atoms with Crippen molar-refractivity contribution < 1.29 is 0 Å². The summed E-state index contributed by atoms with van der Waals surface area (Å²) in [5.41, 5.74) is 4.59. The van der Waals surface area contributed by atoms with Gasteiger partial charge in [0.2, 0.25) is 0 Å². The molecule has 1 aliphatic rings. The molecule has 1 aliphatic heterocycles. The summed E-state index contributed by atoms with van der Waals surface area (Å²) in [4.78, 5) is 23.7. The van der Waals surface area contributed by atoms with E-state index in [2.05, 4.69) is 15.0 Å². The SMILES string of the molecule is Cc1cnc(-c2nc3c(c(=O)[nH]2)CSC3)c(C)c1. The highest BCUT2D eigenvalue weighted by atomic mass is 32.2. The predicted molar refractivity (Wildman–Crippen MR) is 72.6 cm³/mol. The molecule has 4 nitrogen and oxygen atoms in total. The smallest absolute Gasteiger partial charge is 0.255 e. The van der Waals surface area contributed by atoms with Crippen LogP contribution < -0.4 is 5.56 Å². The normalized spacial score (nSPS) is 13.7. The average molecular weight is 259 g/mol. The van der Waals surface area contributed by atoms with E-state index in [1.54, 1.807) is 18.0 Å². The molecule has 0 spiro atoms. The Kier molecular flexibility index (Phi) is 2.70. The zero-order valence-electron chi connectivity index (χ0n) is 10.3. The largest absolute Gasteiger partial charge is 0.305 e. The van der Waals surface area contributed by atoms with Crippen LogP contribution in [0.4, 0.5) is 0 Å². The van der Waals surface area contributed by atoms with Gasteiger partial charge in [0.1, 0.15) is 5.69 Å². The Morgan fingerprint density at radius 2 is 2.17 bits per heavy atom. The summed E-state index contributed by atoms with van der Waals surface area (Å²) in [6.07, 6.45) is 1.80. The van der Waals surface area contributed by atoms with E-state index in [1.165, 1.54) is 0 Å². The lowest BCUT2D eigenvalue weighted by atomic mass is 10.1. The van der Waals surface area contributed by atoms with Crippen molar-refractivity contribution in [1.82, 2.24) is 15.0 Å². The molecule has 0 bridgehead atoms. The fourth-order valence-electron chi connectivity index (χ4n) is 2.14. The highest BCUT2D eigenvalue weighted by Gasteiger charge is 2.19. The molecule has 92 valence electrons. The summed E-state index contributed by atoms with van der Waals surface area (Å²) in [5.74, 6) is 2.16. The highest BCUT2D eigenvalue weighted by Crippen LogP contribution is 2.27. The molecule has 1 N–H and O–H groups in total. The van der Waals surface area contributed by atoms with Gasteiger partial charge in [0.25, 0.3) is 5.56 Å². The minimum Gasteiger partial charge on any atom is -0.305 e. The van der Waals surface area contributed by atoms with Crippen LogP contribution in [-0.4, -0.2) is 15.0 Å². The van der Waals surface area contributed by atoms with E-state index in [1.807, 2.05) is 19.9 Å².